The van der Waals surface area contributed by atoms with Crippen molar-refractivity contribution in [3.63, 3.8) is 0 Å². The molecule has 1 aromatic rings. The van der Waals surface area contributed by atoms with Gasteiger partial charge >= 0.3 is 0 Å². The first kappa shape index (κ1) is 14.9. The molecule has 0 heterocycles. The van der Waals surface area contributed by atoms with E-state index in [1.165, 1.54) is 37.7 Å². The van der Waals surface area contributed by atoms with E-state index in [0.29, 0.717) is 6.04 Å². The zero-order valence-electron chi connectivity index (χ0n) is 12.2. The van der Waals surface area contributed by atoms with Gasteiger partial charge < -0.3 is 5.32 Å². The quantitative estimate of drug-likeness (QED) is 0.780. The molecule has 1 aliphatic carbocycles. The van der Waals surface area contributed by atoms with Gasteiger partial charge in [0.25, 0.3) is 0 Å². The second-order valence-corrected chi connectivity index (χ2v) is 6.59. The lowest BCUT2D eigenvalue weighted by Gasteiger charge is -2.27. The zero-order valence-corrected chi connectivity index (χ0v) is 12.9. The Labute approximate surface area is 122 Å². The number of nitrogens with one attached hydrogen (secondary N) is 1. The standard InChI is InChI=1S/C17H26ClN/c1-13-4-3-5-15(12-13)10-11-19-14(2)16-6-8-17(18)9-7-16/h6-9,13-15,19H,3-5,10-12H2,1-2H3. The number of halogens is 1. The molecule has 0 radical (unpaired) electrons. The molecule has 2 heteroatoms. The van der Waals surface area contributed by atoms with Crippen molar-refractivity contribution in [1.82, 2.24) is 5.32 Å². The van der Waals surface area contributed by atoms with Crippen LogP contribution < -0.4 is 5.32 Å². The molecule has 0 bridgehead atoms. The summed E-state index contributed by atoms with van der Waals surface area (Å²) < 4.78 is 0. The number of hydrogen-bond donors (Lipinski definition) is 1. The Bertz CT molecular complexity index is 373. The van der Waals surface area contributed by atoms with Crippen LogP contribution in [0.2, 0.25) is 5.02 Å². The van der Waals surface area contributed by atoms with Gasteiger partial charge in [-0.25, -0.2) is 0 Å². The molecule has 3 unspecified atom stereocenters. The van der Waals surface area contributed by atoms with Crippen LogP contribution in [0.5, 0.6) is 0 Å². The highest BCUT2D eigenvalue weighted by molar-refractivity contribution is 6.30. The summed E-state index contributed by atoms with van der Waals surface area (Å²) in [7, 11) is 0. The summed E-state index contributed by atoms with van der Waals surface area (Å²) in [4.78, 5) is 0. The highest BCUT2D eigenvalue weighted by Gasteiger charge is 2.18. The van der Waals surface area contributed by atoms with Gasteiger partial charge in [0.1, 0.15) is 0 Å². The van der Waals surface area contributed by atoms with Crippen molar-refractivity contribution in [2.45, 2.75) is 52.0 Å². The summed E-state index contributed by atoms with van der Waals surface area (Å²) in [5.74, 6) is 1.88. The van der Waals surface area contributed by atoms with Crippen LogP contribution in [-0.2, 0) is 0 Å². The summed E-state index contributed by atoms with van der Waals surface area (Å²) >= 11 is 5.92. The predicted octanol–water partition coefficient (Wildman–Crippen LogP) is 5.21. The predicted molar refractivity (Wildman–Crippen MR) is 83.6 cm³/mol. The van der Waals surface area contributed by atoms with E-state index < -0.39 is 0 Å². The highest BCUT2D eigenvalue weighted by atomic mass is 35.5. The Kier molecular flexibility index (Phi) is 5.72. The third kappa shape index (κ3) is 4.81. The summed E-state index contributed by atoms with van der Waals surface area (Å²) in [5, 5.41) is 4.45. The van der Waals surface area contributed by atoms with Gasteiger partial charge in [-0.3, -0.25) is 0 Å². The van der Waals surface area contributed by atoms with Crippen molar-refractivity contribution in [1.29, 1.82) is 0 Å². The smallest absolute Gasteiger partial charge is 0.0406 e. The monoisotopic (exact) mass is 279 g/mol. The van der Waals surface area contributed by atoms with Crippen LogP contribution in [0.1, 0.15) is 57.6 Å². The fourth-order valence-electron chi connectivity index (χ4n) is 3.20. The van der Waals surface area contributed by atoms with Gasteiger partial charge in [0.15, 0.2) is 0 Å². The van der Waals surface area contributed by atoms with Crippen molar-refractivity contribution in [2.24, 2.45) is 11.8 Å². The van der Waals surface area contributed by atoms with Gasteiger partial charge in [-0.15, -0.1) is 0 Å². The molecule has 3 atom stereocenters. The van der Waals surface area contributed by atoms with Crippen LogP contribution in [0, 0.1) is 11.8 Å². The molecule has 0 amide bonds. The van der Waals surface area contributed by atoms with Gasteiger partial charge in [0.2, 0.25) is 0 Å². The first-order chi connectivity index (χ1) is 9.15. The average molecular weight is 280 g/mol. The summed E-state index contributed by atoms with van der Waals surface area (Å²) in [6.45, 7) is 5.75. The van der Waals surface area contributed by atoms with E-state index in [-0.39, 0.29) is 0 Å². The molecule has 1 aliphatic rings. The van der Waals surface area contributed by atoms with Gasteiger partial charge in [-0.05, 0) is 55.8 Å². The van der Waals surface area contributed by atoms with Crippen molar-refractivity contribution >= 4 is 11.6 Å². The van der Waals surface area contributed by atoms with Crippen LogP contribution in [0.4, 0.5) is 0 Å². The number of rotatable bonds is 5. The summed E-state index contributed by atoms with van der Waals surface area (Å²) in [5.41, 5.74) is 1.32. The minimum atomic E-state index is 0.415. The second-order valence-electron chi connectivity index (χ2n) is 6.15. The Morgan fingerprint density at radius 3 is 2.68 bits per heavy atom. The van der Waals surface area contributed by atoms with E-state index >= 15 is 0 Å². The molecule has 2 rings (SSSR count). The molecule has 1 saturated carbocycles. The second kappa shape index (κ2) is 7.31. The Morgan fingerprint density at radius 2 is 2.00 bits per heavy atom. The lowest BCUT2D eigenvalue weighted by Crippen LogP contribution is -2.23. The molecular weight excluding hydrogens is 254 g/mol. The third-order valence-electron chi connectivity index (χ3n) is 4.42. The van der Waals surface area contributed by atoms with Gasteiger partial charge in [-0.2, -0.15) is 0 Å². The van der Waals surface area contributed by atoms with Crippen LogP contribution in [0.25, 0.3) is 0 Å². The van der Waals surface area contributed by atoms with Gasteiger partial charge in [0, 0.05) is 11.1 Å². The summed E-state index contributed by atoms with van der Waals surface area (Å²) in [6.07, 6.45) is 7.05. The van der Waals surface area contributed by atoms with E-state index in [4.69, 9.17) is 11.6 Å². The molecule has 1 aromatic carbocycles. The Balaban J connectivity index is 1.71. The van der Waals surface area contributed by atoms with E-state index in [2.05, 4.69) is 31.3 Å². The van der Waals surface area contributed by atoms with Gasteiger partial charge in [0.05, 0.1) is 0 Å². The molecule has 1 N–H and O–H groups in total. The topological polar surface area (TPSA) is 12.0 Å². The molecule has 0 aromatic heterocycles. The fraction of sp³-hybridized carbons (Fsp3) is 0.647. The van der Waals surface area contributed by atoms with Crippen molar-refractivity contribution < 1.29 is 0 Å². The van der Waals surface area contributed by atoms with Crippen LogP contribution in [0.15, 0.2) is 24.3 Å². The minimum Gasteiger partial charge on any atom is -0.310 e. The van der Waals surface area contributed by atoms with Crippen LogP contribution in [-0.4, -0.2) is 6.54 Å². The molecule has 1 fully saturated rings. The zero-order chi connectivity index (χ0) is 13.7. The first-order valence-corrected chi connectivity index (χ1v) is 8.02. The molecule has 106 valence electrons. The number of hydrogen-bond acceptors (Lipinski definition) is 1. The molecular formula is C17H26ClN. The molecule has 0 aliphatic heterocycles. The lowest BCUT2D eigenvalue weighted by molar-refractivity contribution is 0.265. The SMILES string of the molecule is CC1CCCC(CCNC(C)c2ccc(Cl)cc2)C1. The van der Waals surface area contributed by atoms with E-state index in [0.717, 1.165) is 23.4 Å². The lowest BCUT2D eigenvalue weighted by atomic mass is 9.81. The van der Waals surface area contributed by atoms with Crippen molar-refractivity contribution in [3.8, 4) is 0 Å². The maximum Gasteiger partial charge on any atom is 0.0406 e. The first-order valence-electron chi connectivity index (χ1n) is 7.64. The highest BCUT2D eigenvalue weighted by Crippen LogP contribution is 2.30. The van der Waals surface area contributed by atoms with Crippen molar-refractivity contribution in [3.05, 3.63) is 34.9 Å². The molecule has 0 saturated heterocycles. The van der Waals surface area contributed by atoms with E-state index in [1.807, 2.05) is 12.1 Å². The maximum absolute atomic E-state index is 5.92. The Hall–Kier alpha value is -0.530. The van der Waals surface area contributed by atoms with Crippen molar-refractivity contribution in [2.75, 3.05) is 6.54 Å². The van der Waals surface area contributed by atoms with Crippen LogP contribution >= 0.6 is 11.6 Å². The third-order valence-corrected chi connectivity index (χ3v) is 4.67. The minimum absolute atomic E-state index is 0.415. The molecule has 19 heavy (non-hydrogen) atoms. The van der Waals surface area contributed by atoms with E-state index in [9.17, 15) is 0 Å². The van der Waals surface area contributed by atoms with Crippen LogP contribution in [0.3, 0.4) is 0 Å². The van der Waals surface area contributed by atoms with Gasteiger partial charge in [-0.1, -0.05) is 49.9 Å². The summed E-state index contributed by atoms with van der Waals surface area (Å²) in [6, 6.07) is 8.58. The average Bonchev–Trinajstić information content (AvgIpc) is 2.39. The molecule has 1 nitrogen and oxygen atoms in total. The largest absolute Gasteiger partial charge is 0.310 e. The fourth-order valence-corrected chi connectivity index (χ4v) is 3.32. The molecule has 0 spiro atoms. The Morgan fingerprint density at radius 1 is 1.26 bits per heavy atom. The van der Waals surface area contributed by atoms with E-state index in [1.54, 1.807) is 0 Å². The maximum atomic E-state index is 5.92. The number of benzene rings is 1. The normalized spacial score (nSPS) is 25.2.